The van der Waals surface area contributed by atoms with Gasteiger partial charge in [0.25, 0.3) is 16.1 Å². The van der Waals surface area contributed by atoms with Crippen LogP contribution in [0.5, 0.6) is 0 Å². The number of nitrogens with one attached hydrogen (secondary N) is 2. The third-order valence-corrected chi connectivity index (χ3v) is 4.01. The molecule has 0 saturated heterocycles. The van der Waals surface area contributed by atoms with Crippen LogP contribution in [-0.4, -0.2) is 37.9 Å². The lowest BCUT2D eigenvalue weighted by Crippen LogP contribution is -2.09. The summed E-state index contributed by atoms with van der Waals surface area (Å²) in [6.45, 7) is 0. The van der Waals surface area contributed by atoms with Crippen LogP contribution < -0.4 is 10.6 Å². The van der Waals surface area contributed by atoms with Crippen molar-refractivity contribution >= 4 is 33.3 Å². The first-order valence-corrected chi connectivity index (χ1v) is 8.46. The van der Waals surface area contributed by atoms with E-state index in [2.05, 4.69) is 35.6 Å². The fourth-order valence-electron chi connectivity index (χ4n) is 2.00. The summed E-state index contributed by atoms with van der Waals surface area (Å²) in [6.07, 6.45) is -2.24. The van der Waals surface area contributed by atoms with Gasteiger partial charge in [0.15, 0.2) is 5.82 Å². The molecule has 0 aliphatic rings. The fourth-order valence-corrected chi connectivity index (χ4v) is 2.63. The smallest absolute Gasteiger partial charge is 0.315 e. The highest BCUT2D eigenvalue weighted by Gasteiger charge is 2.19. The van der Waals surface area contributed by atoms with Gasteiger partial charge in [-0.15, -0.1) is 0 Å². The Bertz CT molecular complexity index is 1140. The van der Waals surface area contributed by atoms with Gasteiger partial charge in [0.1, 0.15) is 11.2 Å². The summed E-state index contributed by atoms with van der Waals surface area (Å²) in [5, 5.41) is 4.55. The van der Waals surface area contributed by atoms with Crippen molar-refractivity contribution in [2.45, 2.75) is 4.90 Å². The molecule has 3 rings (SSSR count). The summed E-state index contributed by atoms with van der Waals surface area (Å²) >= 11 is 0. The summed E-state index contributed by atoms with van der Waals surface area (Å²) in [7, 11) is -4.79. The molecule has 0 amide bonds. The van der Waals surface area contributed by atoms with Gasteiger partial charge < -0.3 is 10.6 Å². The molecule has 146 valence electrons. The minimum absolute atomic E-state index is 0.0399. The van der Waals surface area contributed by atoms with Crippen LogP contribution in [0.1, 0.15) is 0 Å². The summed E-state index contributed by atoms with van der Waals surface area (Å²) in [5.74, 6) is -4.12. The van der Waals surface area contributed by atoms with Crippen molar-refractivity contribution in [1.82, 2.24) is 24.9 Å². The molecular formula is C13H7F4N7O3S. The molecule has 0 bridgehead atoms. The van der Waals surface area contributed by atoms with Crippen molar-refractivity contribution in [3.8, 4) is 0 Å². The van der Waals surface area contributed by atoms with E-state index in [4.69, 9.17) is 0 Å². The Morgan fingerprint density at radius 2 is 1.61 bits per heavy atom. The lowest BCUT2D eigenvalue weighted by atomic mass is 10.2. The Morgan fingerprint density at radius 3 is 2.25 bits per heavy atom. The Balaban J connectivity index is 2.03. The third-order valence-electron chi connectivity index (χ3n) is 3.09. The minimum atomic E-state index is -4.79. The van der Waals surface area contributed by atoms with E-state index in [1.54, 1.807) is 0 Å². The zero-order valence-corrected chi connectivity index (χ0v) is 14.0. The maximum atomic E-state index is 13.7. The molecule has 2 heterocycles. The molecule has 3 N–H and O–H groups in total. The number of hydrogen-bond donors (Lipinski definition) is 3. The molecule has 1 aromatic carbocycles. The van der Waals surface area contributed by atoms with Gasteiger partial charge in [-0.05, 0) is 18.2 Å². The molecular weight excluding hydrogens is 410 g/mol. The van der Waals surface area contributed by atoms with Crippen LogP contribution in [0.3, 0.4) is 0 Å². The van der Waals surface area contributed by atoms with Crippen molar-refractivity contribution in [2.24, 2.45) is 0 Å². The van der Waals surface area contributed by atoms with Crippen molar-refractivity contribution in [2.75, 3.05) is 10.6 Å². The molecule has 3 aromatic rings. The van der Waals surface area contributed by atoms with Crippen molar-refractivity contribution in [3.63, 3.8) is 0 Å². The van der Waals surface area contributed by atoms with Crippen LogP contribution in [0.2, 0.25) is 0 Å². The predicted molar refractivity (Wildman–Crippen MR) is 84.5 cm³/mol. The van der Waals surface area contributed by atoms with E-state index in [1.165, 1.54) is 0 Å². The second-order valence-corrected chi connectivity index (χ2v) is 6.35. The first-order valence-electron chi connectivity index (χ1n) is 7.02. The van der Waals surface area contributed by atoms with Gasteiger partial charge >= 0.3 is 12.2 Å². The van der Waals surface area contributed by atoms with Crippen molar-refractivity contribution in [1.29, 1.82) is 0 Å². The fraction of sp³-hybridized carbons (Fsp3) is 0. The van der Waals surface area contributed by atoms with E-state index < -0.39 is 56.4 Å². The van der Waals surface area contributed by atoms with Crippen LogP contribution in [0.15, 0.2) is 29.4 Å². The minimum Gasteiger partial charge on any atom is -0.338 e. The van der Waals surface area contributed by atoms with E-state index in [0.717, 1.165) is 24.5 Å². The van der Waals surface area contributed by atoms with Gasteiger partial charge in [-0.3, -0.25) is 4.55 Å². The molecule has 0 saturated carbocycles. The SMILES string of the molecule is O=S(=O)(O)c1ccc(Nc2ncnc(F)c2F)cc1Nc1nc(F)nc(F)n1. The van der Waals surface area contributed by atoms with Crippen LogP contribution in [-0.2, 0) is 10.1 Å². The topological polar surface area (TPSA) is 143 Å². The summed E-state index contributed by atoms with van der Waals surface area (Å²) in [4.78, 5) is 14.7. The molecule has 0 aliphatic heterocycles. The highest BCUT2D eigenvalue weighted by Crippen LogP contribution is 2.29. The van der Waals surface area contributed by atoms with E-state index in [9.17, 15) is 30.5 Å². The summed E-state index contributed by atoms with van der Waals surface area (Å²) < 4.78 is 85.3. The Kier molecular flexibility index (Phi) is 5.02. The van der Waals surface area contributed by atoms with Gasteiger partial charge in [-0.2, -0.15) is 40.9 Å². The summed E-state index contributed by atoms with van der Waals surface area (Å²) in [6, 6.07) is 2.95. The van der Waals surface area contributed by atoms with Crippen LogP contribution >= 0.6 is 0 Å². The van der Waals surface area contributed by atoms with Crippen LogP contribution in [0, 0.1) is 23.9 Å². The maximum Gasteiger partial charge on any atom is 0.315 e. The lowest BCUT2D eigenvalue weighted by Gasteiger charge is -2.12. The number of hydrogen-bond acceptors (Lipinski definition) is 9. The van der Waals surface area contributed by atoms with Gasteiger partial charge in [-0.1, -0.05) is 0 Å². The molecule has 2 aromatic heterocycles. The van der Waals surface area contributed by atoms with Crippen LogP contribution in [0.25, 0.3) is 0 Å². The zero-order valence-electron chi connectivity index (χ0n) is 13.2. The number of nitrogens with zero attached hydrogens (tertiary/aromatic N) is 5. The van der Waals surface area contributed by atoms with Gasteiger partial charge in [0, 0.05) is 5.69 Å². The Labute approximate surface area is 153 Å². The first kappa shape index (κ1) is 19.3. The molecule has 0 fully saturated rings. The van der Waals surface area contributed by atoms with E-state index in [0.29, 0.717) is 0 Å². The molecule has 15 heteroatoms. The number of rotatable bonds is 5. The second-order valence-electron chi connectivity index (χ2n) is 4.96. The average Bonchev–Trinajstić information content (AvgIpc) is 2.57. The standard InChI is InChI=1S/C13H7F4N7O3S/c14-8-9(15)18-4-19-10(8)20-5-1-2-7(28(25,26)27)6(3-5)21-13-23-11(16)22-12(17)24-13/h1-4H,(H,18,19,20)(H,25,26,27)(H,21,22,23,24). The van der Waals surface area contributed by atoms with Gasteiger partial charge in [0.05, 0.1) is 5.69 Å². The van der Waals surface area contributed by atoms with E-state index in [-0.39, 0.29) is 5.69 Å². The monoisotopic (exact) mass is 417 g/mol. The van der Waals surface area contributed by atoms with E-state index >= 15 is 0 Å². The highest BCUT2D eigenvalue weighted by molar-refractivity contribution is 7.86. The number of aromatic nitrogens is 5. The molecule has 0 unspecified atom stereocenters. The zero-order chi connectivity index (χ0) is 20.5. The predicted octanol–water partition coefficient (Wildman–Crippen LogP) is 1.95. The van der Waals surface area contributed by atoms with Crippen molar-refractivity contribution < 1.29 is 30.5 Å². The molecule has 0 radical (unpaired) electrons. The van der Waals surface area contributed by atoms with Crippen molar-refractivity contribution in [3.05, 3.63) is 48.4 Å². The maximum absolute atomic E-state index is 13.7. The van der Waals surface area contributed by atoms with Crippen LogP contribution in [0.4, 0.5) is 40.7 Å². The Morgan fingerprint density at radius 1 is 0.929 bits per heavy atom. The number of halogens is 4. The first-order chi connectivity index (χ1) is 13.1. The Hall–Kier alpha value is -3.46. The largest absolute Gasteiger partial charge is 0.338 e. The molecule has 28 heavy (non-hydrogen) atoms. The lowest BCUT2D eigenvalue weighted by molar-refractivity contribution is 0.458. The number of benzene rings is 1. The number of anilines is 4. The molecule has 0 spiro atoms. The van der Waals surface area contributed by atoms with Gasteiger partial charge in [-0.25, -0.2) is 9.97 Å². The average molecular weight is 417 g/mol. The molecule has 0 atom stereocenters. The summed E-state index contributed by atoms with van der Waals surface area (Å²) in [5.41, 5.74) is -0.477. The van der Waals surface area contributed by atoms with Gasteiger partial charge in [0.2, 0.25) is 11.8 Å². The third kappa shape index (κ3) is 4.26. The van der Waals surface area contributed by atoms with E-state index in [1.807, 2.05) is 0 Å². The molecule has 0 aliphatic carbocycles. The molecule has 10 nitrogen and oxygen atoms in total. The quantitative estimate of drug-likeness (QED) is 0.320. The normalized spacial score (nSPS) is 11.3. The second kappa shape index (κ2) is 7.28. The highest BCUT2D eigenvalue weighted by atomic mass is 32.2.